The number of halogens is 1. The van der Waals surface area contributed by atoms with Gasteiger partial charge in [-0.05, 0) is 12.5 Å². The lowest BCUT2D eigenvalue weighted by Crippen LogP contribution is -2.13. The van der Waals surface area contributed by atoms with Crippen LogP contribution in [0.25, 0.3) is 0 Å². The van der Waals surface area contributed by atoms with E-state index < -0.39 is 0 Å². The van der Waals surface area contributed by atoms with E-state index in [2.05, 4.69) is 0 Å². The Morgan fingerprint density at radius 3 is 2.14 bits per heavy atom. The summed E-state index contributed by atoms with van der Waals surface area (Å²) < 4.78 is 0. The lowest BCUT2D eigenvalue weighted by molar-refractivity contribution is 0.241. The molecule has 0 saturated heterocycles. The van der Waals surface area contributed by atoms with Gasteiger partial charge in [-0.25, -0.2) is 0 Å². The zero-order valence-electron chi connectivity index (χ0n) is 4.42. The van der Waals surface area contributed by atoms with Crippen LogP contribution in [-0.4, -0.2) is 18.3 Å². The minimum Gasteiger partial charge on any atom is -0.396 e. The molecule has 0 aliphatic carbocycles. The number of nitrogens with two attached hydrogens (primary N) is 1. The molecule has 0 saturated carbocycles. The fourth-order valence-electron chi connectivity index (χ4n) is 0.0745. The zero-order chi connectivity index (χ0) is 4.99. The first-order chi connectivity index (χ1) is 2.81. The summed E-state index contributed by atoms with van der Waals surface area (Å²) in [6.07, 6.45) is 0. The van der Waals surface area contributed by atoms with Crippen molar-refractivity contribution in [1.29, 1.82) is 0 Å². The van der Waals surface area contributed by atoms with Gasteiger partial charge in [0.05, 0.1) is 0 Å². The molecule has 0 spiro atoms. The highest BCUT2D eigenvalue weighted by Gasteiger charge is 1.90. The van der Waals surface area contributed by atoms with Gasteiger partial charge in [-0.1, -0.05) is 6.92 Å². The number of hydrogen-bond acceptors (Lipinski definition) is 2. The number of aliphatic hydroxyl groups excluding tert-OH is 1. The molecule has 1 unspecified atom stereocenters. The molecule has 0 aliphatic heterocycles. The predicted molar refractivity (Wildman–Crippen MR) is 35.6 cm³/mol. The van der Waals surface area contributed by atoms with E-state index >= 15 is 0 Å². The first kappa shape index (κ1) is 10.4. The first-order valence-electron chi connectivity index (χ1n) is 2.12. The molecule has 0 amide bonds. The van der Waals surface area contributed by atoms with E-state index in [1.54, 1.807) is 0 Å². The van der Waals surface area contributed by atoms with Gasteiger partial charge in [0, 0.05) is 6.61 Å². The number of hydrogen-bond donors (Lipinski definition) is 2. The molecule has 0 rings (SSSR count). The summed E-state index contributed by atoms with van der Waals surface area (Å²) >= 11 is 0. The van der Waals surface area contributed by atoms with Crippen LogP contribution in [0.4, 0.5) is 0 Å². The molecule has 2 nitrogen and oxygen atoms in total. The van der Waals surface area contributed by atoms with Crippen LogP contribution in [-0.2, 0) is 0 Å². The summed E-state index contributed by atoms with van der Waals surface area (Å²) in [5, 5.41) is 8.25. The number of aliphatic hydroxyl groups is 1. The molecule has 0 aromatic carbocycles. The van der Waals surface area contributed by atoms with Crippen molar-refractivity contribution in [2.45, 2.75) is 6.92 Å². The molecule has 0 heterocycles. The topological polar surface area (TPSA) is 46.2 Å². The minimum absolute atomic E-state index is 0. The van der Waals surface area contributed by atoms with Crippen molar-refractivity contribution in [3.8, 4) is 0 Å². The number of rotatable bonds is 2. The van der Waals surface area contributed by atoms with E-state index in [1.165, 1.54) is 0 Å². The Balaban J connectivity index is 0. The molecule has 1 atom stereocenters. The zero-order valence-corrected chi connectivity index (χ0v) is 6.14. The Kier molecular flexibility index (Phi) is 9.50. The van der Waals surface area contributed by atoms with Crippen LogP contribution in [0.2, 0.25) is 0 Å². The average Bonchev–Trinajstić information content (AvgIpc) is 1.65. The molecule has 0 aliphatic rings. The third kappa shape index (κ3) is 6.40. The van der Waals surface area contributed by atoms with Gasteiger partial charge in [-0.2, -0.15) is 0 Å². The van der Waals surface area contributed by atoms with Crippen molar-refractivity contribution in [2.24, 2.45) is 11.7 Å². The summed E-state index contributed by atoms with van der Waals surface area (Å²) in [7, 11) is 0. The Labute approximate surface area is 54.5 Å². The SMILES string of the molecule is Br.CC(CN)CO. The van der Waals surface area contributed by atoms with Gasteiger partial charge in [-0.3, -0.25) is 0 Å². The molecule has 46 valence electrons. The van der Waals surface area contributed by atoms with E-state index in [9.17, 15) is 0 Å². The van der Waals surface area contributed by atoms with Gasteiger partial charge in [-0.15, -0.1) is 17.0 Å². The summed E-state index contributed by atoms with van der Waals surface area (Å²) in [6, 6.07) is 0. The fourth-order valence-corrected chi connectivity index (χ4v) is 0.0745. The summed E-state index contributed by atoms with van der Waals surface area (Å²) in [4.78, 5) is 0. The van der Waals surface area contributed by atoms with Crippen LogP contribution < -0.4 is 5.73 Å². The van der Waals surface area contributed by atoms with E-state index in [1.807, 2.05) is 6.92 Å². The van der Waals surface area contributed by atoms with Crippen LogP contribution in [0.1, 0.15) is 6.92 Å². The summed E-state index contributed by atoms with van der Waals surface area (Å²) in [5.74, 6) is 0.269. The largest absolute Gasteiger partial charge is 0.396 e. The molecule has 3 heteroatoms. The molecule has 7 heavy (non-hydrogen) atoms. The van der Waals surface area contributed by atoms with Crippen LogP contribution in [0.5, 0.6) is 0 Å². The maximum atomic E-state index is 8.25. The second-order valence-corrected chi connectivity index (χ2v) is 1.52. The molecular formula is C4H12BrNO. The quantitative estimate of drug-likeness (QED) is 0.619. The van der Waals surface area contributed by atoms with E-state index in [-0.39, 0.29) is 29.5 Å². The Morgan fingerprint density at radius 2 is 2.14 bits per heavy atom. The van der Waals surface area contributed by atoms with Crippen LogP contribution in [0.15, 0.2) is 0 Å². The van der Waals surface area contributed by atoms with Gasteiger partial charge in [0.15, 0.2) is 0 Å². The van der Waals surface area contributed by atoms with Gasteiger partial charge in [0.25, 0.3) is 0 Å². The lowest BCUT2D eigenvalue weighted by Gasteiger charge is -1.98. The molecule has 0 bridgehead atoms. The fraction of sp³-hybridized carbons (Fsp3) is 1.00. The molecule has 0 aromatic rings. The maximum absolute atomic E-state index is 8.25. The van der Waals surface area contributed by atoms with Crippen LogP contribution >= 0.6 is 17.0 Å². The van der Waals surface area contributed by atoms with Crippen molar-refractivity contribution < 1.29 is 5.11 Å². The maximum Gasteiger partial charge on any atom is 0.0468 e. The average molecular weight is 170 g/mol. The lowest BCUT2D eigenvalue weighted by atomic mass is 10.2. The van der Waals surface area contributed by atoms with Gasteiger partial charge < -0.3 is 10.8 Å². The highest BCUT2D eigenvalue weighted by molar-refractivity contribution is 8.93. The minimum atomic E-state index is 0. The third-order valence-corrected chi connectivity index (χ3v) is 0.714. The Bertz CT molecular complexity index is 30.9. The Morgan fingerprint density at radius 1 is 1.71 bits per heavy atom. The Hall–Kier alpha value is 0.400. The van der Waals surface area contributed by atoms with E-state index in [0.717, 1.165) is 0 Å². The summed E-state index contributed by atoms with van der Waals surface area (Å²) in [5.41, 5.74) is 5.12. The highest BCUT2D eigenvalue weighted by Crippen LogP contribution is 1.83. The molecule has 0 radical (unpaired) electrons. The standard InChI is InChI=1S/C4H11NO.BrH/c1-4(2-5)3-6;/h4,6H,2-3,5H2,1H3;1H. The van der Waals surface area contributed by atoms with Crippen molar-refractivity contribution >= 4 is 17.0 Å². The van der Waals surface area contributed by atoms with Gasteiger partial charge >= 0.3 is 0 Å². The van der Waals surface area contributed by atoms with Crippen molar-refractivity contribution in [1.82, 2.24) is 0 Å². The smallest absolute Gasteiger partial charge is 0.0468 e. The predicted octanol–water partition coefficient (Wildman–Crippen LogP) is 0.151. The molecule has 0 fully saturated rings. The third-order valence-electron chi connectivity index (χ3n) is 0.714. The van der Waals surface area contributed by atoms with Crippen molar-refractivity contribution in [2.75, 3.05) is 13.2 Å². The first-order valence-corrected chi connectivity index (χ1v) is 2.12. The molecule has 0 aromatic heterocycles. The second-order valence-electron chi connectivity index (χ2n) is 1.52. The normalized spacial score (nSPS) is 12.4. The summed E-state index contributed by atoms with van der Waals surface area (Å²) in [6.45, 7) is 2.69. The second kappa shape index (κ2) is 6.40. The van der Waals surface area contributed by atoms with E-state index in [4.69, 9.17) is 10.8 Å². The molecule has 3 N–H and O–H groups in total. The van der Waals surface area contributed by atoms with E-state index in [0.29, 0.717) is 6.54 Å². The van der Waals surface area contributed by atoms with Crippen molar-refractivity contribution in [3.63, 3.8) is 0 Å². The highest BCUT2D eigenvalue weighted by atomic mass is 79.9. The van der Waals surface area contributed by atoms with Crippen molar-refractivity contribution in [3.05, 3.63) is 0 Å². The van der Waals surface area contributed by atoms with Crippen LogP contribution in [0.3, 0.4) is 0 Å². The van der Waals surface area contributed by atoms with Gasteiger partial charge in [0.2, 0.25) is 0 Å². The van der Waals surface area contributed by atoms with Crippen LogP contribution in [0, 0.1) is 5.92 Å². The monoisotopic (exact) mass is 169 g/mol. The molecular weight excluding hydrogens is 158 g/mol. The van der Waals surface area contributed by atoms with Gasteiger partial charge in [0.1, 0.15) is 0 Å².